The van der Waals surface area contributed by atoms with Crippen molar-refractivity contribution >= 4 is 23.4 Å². The fraction of sp³-hybridized carbons (Fsp3) is 0.350. The van der Waals surface area contributed by atoms with E-state index in [1.165, 1.54) is 16.1 Å². The van der Waals surface area contributed by atoms with Gasteiger partial charge in [-0.05, 0) is 37.6 Å². The fourth-order valence-corrected chi connectivity index (χ4v) is 3.12. The maximum atomic E-state index is 13.0. The largest absolute Gasteiger partial charge is 0.467 e. The van der Waals surface area contributed by atoms with Gasteiger partial charge in [-0.3, -0.25) is 14.4 Å². The van der Waals surface area contributed by atoms with E-state index in [4.69, 9.17) is 4.42 Å². The minimum absolute atomic E-state index is 0.0110. The van der Waals surface area contributed by atoms with Crippen LogP contribution < -0.4 is 4.90 Å². The van der Waals surface area contributed by atoms with Gasteiger partial charge in [0.25, 0.3) is 5.91 Å². The molecule has 0 radical (unpaired) electrons. The van der Waals surface area contributed by atoms with Crippen LogP contribution in [0.1, 0.15) is 37.5 Å². The predicted molar refractivity (Wildman–Crippen MR) is 96.2 cm³/mol. The van der Waals surface area contributed by atoms with Crippen LogP contribution in [-0.4, -0.2) is 28.7 Å². The molecule has 2 heterocycles. The first kappa shape index (κ1) is 17.9. The number of furan rings is 1. The summed E-state index contributed by atoms with van der Waals surface area (Å²) in [6, 6.07) is 9.89. The third-order valence-electron chi connectivity index (χ3n) is 4.48. The summed E-state index contributed by atoms with van der Waals surface area (Å²) in [4.78, 5) is 40.7. The van der Waals surface area contributed by atoms with E-state index >= 15 is 0 Å². The number of imide groups is 1. The summed E-state index contributed by atoms with van der Waals surface area (Å²) in [6.45, 7) is 4.02. The average Bonchev–Trinajstić information content (AvgIpc) is 3.22. The highest BCUT2D eigenvalue weighted by Gasteiger charge is 2.44. The molecule has 26 heavy (non-hydrogen) atoms. The summed E-state index contributed by atoms with van der Waals surface area (Å²) >= 11 is 0. The molecule has 136 valence electrons. The second-order valence-electron chi connectivity index (χ2n) is 6.47. The van der Waals surface area contributed by atoms with E-state index < -0.39 is 6.04 Å². The summed E-state index contributed by atoms with van der Waals surface area (Å²) < 4.78 is 5.33. The molecular formula is C20H22N2O4. The molecule has 6 heteroatoms. The van der Waals surface area contributed by atoms with Crippen molar-refractivity contribution in [3.05, 3.63) is 54.0 Å². The van der Waals surface area contributed by atoms with Crippen molar-refractivity contribution in [1.82, 2.24) is 4.90 Å². The van der Waals surface area contributed by atoms with Crippen LogP contribution in [0, 0.1) is 6.92 Å². The quantitative estimate of drug-likeness (QED) is 0.748. The van der Waals surface area contributed by atoms with Crippen LogP contribution in [0.2, 0.25) is 0 Å². The summed E-state index contributed by atoms with van der Waals surface area (Å²) in [5.41, 5.74) is 1.58. The lowest BCUT2D eigenvalue weighted by atomic mass is 10.1. The molecule has 0 N–H and O–H groups in total. The highest BCUT2D eigenvalue weighted by molar-refractivity contribution is 6.23. The molecule has 1 aromatic heterocycles. The number of carbonyl (C=O) groups is 3. The molecule has 1 aliphatic heterocycles. The molecular weight excluding hydrogens is 332 g/mol. The summed E-state index contributed by atoms with van der Waals surface area (Å²) in [7, 11) is 0. The highest BCUT2D eigenvalue weighted by Crippen LogP contribution is 2.27. The van der Waals surface area contributed by atoms with Gasteiger partial charge in [-0.25, -0.2) is 4.90 Å². The van der Waals surface area contributed by atoms with Crippen LogP contribution in [0.25, 0.3) is 0 Å². The second kappa shape index (κ2) is 7.56. The number of benzene rings is 1. The van der Waals surface area contributed by atoms with E-state index in [-0.39, 0.29) is 30.7 Å². The van der Waals surface area contributed by atoms with E-state index in [9.17, 15) is 14.4 Å². The molecule has 3 amide bonds. The van der Waals surface area contributed by atoms with E-state index in [1.54, 1.807) is 24.3 Å². The highest BCUT2D eigenvalue weighted by atomic mass is 16.3. The Hall–Kier alpha value is -2.89. The lowest BCUT2D eigenvalue weighted by Gasteiger charge is -2.26. The molecule has 2 aromatic rings. The van der Waals surface area contributed by atoms with Crippen LogP contribution in [-0.2, 0) is 20.9 Å². The molecule has 1 fully saturated rings. The molecule has 3 rings (SSSR count). The Bertz CT molecular complexity index is 796. The van der Waals surface area contributed by atoms with E-state index in [2.05, 4.69) is 0 Å². The fourth-order valence-electron chi connectivity index (χ4n) is 3.12. The number of aryl methyl sites for hydroxylation is 1. The van der Waals surface area contributed by atoms with Gasteiger partial charge in [0.15, 0.2) is 0 Å². The number of carbonyl (C=O) groups excluding carboxylic acids is 3. The smallest absolute Gasteiger partial charge is 0.257 e. The van der Waals surface area contributed by atoms with Gasteiger partial charge in [0.1, 0.15) is 11.8 Å². The van der Waals surface area contributed by atoms with Crippen molar-refractivity contribution < 1.29 is 18.8 Å². The first-order valence-corrected chi connectivity index (χ1v) is 8.76. The van der Waals surface area contributed by atoms with Crippen molar-refractivity contribution in [1.29, 1.82) is 0 Å². The topological polar surface area (TPSA) is 70.8 Å². The van der Waals surface area contributed by atoms with Crippen molar-refractivity contribution in [3.63, 3.8) is 0 Å². The molecule has 1 saturated heterocycles. The van der Waals surface area contributed by atoms with Gasteiger partial charge in [0.2, 0.25) is 11.8 Å². The molecule has 0 aliphatic carbocycles. The Balaban J connectivity index is 1.87. The SMILES string of the molecule is CCCC(=O)N(Cc1ccco1)C1CC(=O)N(c2ccc(C)cc2)C1=O. The number of nitrogens with zero attached hydrogens (tertiary/aromatic N) is 2. The number of anilines is 1. The maximum Gasteiger partial charge on any atom is 0.257 e. The third kappa shape index (κ3) is 3.54. The molecule has 0 spiro atoms. The second-order valence-corrected chi connectivity index (χ2v) is 6.47. The summed E-state index contributed by atoms with van der Waals surface area (Å²) in [5.74, 6) is -0.225. The standard InChI is InChI=1S/C20H22N2O4/c1-3-5-18(23)21(13-16-6-4-11-26-16)17-12-19(24)22(20(17)25)15-9-7-14(2)8-10-15/h4,6-11,17H,3,5,12-13H2,1-2H3. The van der Waals surface area contributed by atoms with Crippen molar-refractivity contribution in [3.8, 4) is 0 Å². The molecule has 6 nitrogen and oxygen atoms in total. The molecule has 1 aromatic carbocycles. The van der Waals surface area contributed by atoms with Crippen LogP contribution >= 0.6 is 0 Å². The number of rotatable bonds is 6. The van der Waals surface area contributed by atoms with Gasteiger partial charge in [0.05, 0.1) is 24.9 Å². The van der Waals surface area contributed by atoms with Gasteiger partial charge in [-0.15, -0.1) is 0 Å². The van der Waals surface area contributed by atoms with Gasteiger partial charge in [0, 0.05) is 6.42 Å². The molecule has 1 aliphatic rings. The zero-order valence-electron chi connectivity index (χ0n) is 15.0. The van der Waals surface area contributed by atoms with E-state index in [0.717, 1.165) is 5.56 Å². The van der Waals surface area contributed by atoms with Gasteiger partial charge in [-0.1, -0.05) is 24.6 Å². The third-order valence-corrected chi connectivity index (χ3v) is 4.48. The van der Waals surface area contributed by atoms with Crippen LogP contribution in [0.15, 0.2) is 47.1 Å². The lowest BCUT2D eigenvalue weighted by Crippen LogP contribution is -2.45. The summed E-state index contributed by atoms with van der Waals surface area (Å²) in [6.07, 6.45) is 2.51. The van der Waals surface area contributed by atoms with Crippen LogP contribution in [0.3, 0.4) is 0 Å². The van der Waals surface area contributed by atoms with E-state index in [1.807, 2.05) is 26.0 Å². The van der Waals surface area contributed by atoms with Crippen molar-refractivity contribution in [2.24, 2.45) is 0 Å². The Labute approximate surface area is 152 Å². The first-order chi connectivity index (χ1) is 12.5. The predicted octanol–water partition coefficient (Wildman–Crippen LogP) is 3.05. The summed E-state index contributed by atoms with van der Waals surface area (Å²) in [5, 5.41) is 0. The van der Waals surface area contributed by atoms with Gasteiger partial charge < -0.3 is 9.32 Å². The maximum absolute atomic E-state index is 13.0. The Kier molecular flexibility index (Phi) is 5.21. The number of hydrogen-bond acceptors (Lipinski definition) is 4. The number of hydrogen-bond donors (Lipinski definition) is 0. The van der Waals surface area contributed by atoms with Gasteiger partial charge >= 0.3 is 0 Å². The first-order valence-electron chi connectivity index (χ1n) is 8.76. The number of amides is 3. The Morgan fingerprint density at radius 3 is 2.58 bits per heavy atom. The monoisotopic (exact) mass is 354 g/mol. The van der Waals surface area contributed by atoms with Crippen molar-refractivity contribution in [2.45, 2.75) is 45.7 Å². The molecule has 0 saturated carbocycles. The van der Waals surface area contributed by atoms with Crippen LogP contribution in [0.5, 0.6) is 0 Å². The van der Waals surface area contributed by atoms with E-state index in [0.29, 0.717) is 24.3 Å². The van der Waals surface area contributed by atoms with Crippen molar-refractivity contribution in [2.75, 3.05) is 4.90 Å². The Morgan fingerprint density at radius 1 is 1.23 bits per heavy atom. The molecule has 1 atom stereocenters. The molecule has 1 unspecified atom stereocenters. The minimum Gasteiger partial charge on any atom is -0.467 e. The minimum atomic E-state index is -0.798. The Morgan fingerprint density at radius 2 is 1.96 bits per heavy atom. The zero-order valence-corrected chi connectivity index (χ0v) is 15.0. The van der Waals surface area contributed by atoms with Crippen LogP contribution in [0.4, 0.5) is 5.69 Å². The van der Waals surface area contributed by atoms with Gasteiger partial charge in [-0.2, -0.15) is 0 Å². The zero-order chi connectivity index (χ0) is 18.7. The lowest BCUT2D eigenvalue weighted by molar-refractivity contribution is -0.139. The normalized spacial score (nSPS) is 17.0. The molecule has 0 bridgehead atoms. The average molecular weight is 354 g/mol.